The standard InChI is InChI=1S/C29H29N9O2S/c1-35-11-13-36(14-12-35)22-6-4-21(5-7-22)33-28-32-17-20-16-23(25(39)19-2-3-19)27(40)38(26(20)34-28)18-24-30-8-10-37(24)29-31-9-15-41-29/h4-10,15-17,19H,2-3,11-14,18H2,1H3,(H,32,33,34). The summed E-state index contributed by atoms with van der Waals surface area (Å²) in [7, 11) is 2.15. The van der Waals surface area contributed by atoms with Gasteiger partial charge in [0, 0.05) is 79.0 Å². The summed E-state index contributed by atoms with van der Waals surface area (Å²) < 4.78 is 3.38. The molecule has 5 aromatic rings. The molecule has 0 spiro atoms. The van der Waals surface area contributed by atoms with Crippen LogP contribution < -0.4 is 15.8 Å². The van der Waals surface area contributed by atoms with Crippen molar-refractivity contribution in [1.29, 1.82) is 0 Å². The highest BCUT2D eigenvalue weighted by atomic mass is 32.1. The van der Waals surface area contributed by atoms with E-state index >= 15 is 0 Å². The summed E-state index contributed by atoms with van der Waals surface area (Å²) >= 11 is 1.48. The number of Topliss-reactive ketones (excluding diaryl/α,β-unsaturated/α-hetero) is 1. The predicted molar refractivity (Wildman–Crippen MR) is 159 cm³/mol. The average Bonchev–Trinajstić information content (AvgIpc) is 3.49. The topological polar surface area (TPSA) is 114 Å². The van der Waals surface area contributed by atoms with Gasteiger partial charge in [0.1, 0.15) is 11.5 Å². The van der Waals surface area contributed by atoms with Gasteiger partial charge in [-0.15, -0.1) is 11.3 Å². The number of imidazole rings is 1. The van der Waals surface area contributed by atoms with Gasteiger partial charge in [0.2, 0.25) is 5.95 Å². The molecule has 0 radical (unpaired) electrons. The molecule has 7 rings (SSSR count). The number of likely N-dealkylation sites (N-methyl/N-ethyl adjacent to an activating group) is 1. The molecule has 12 heteroatoms. The summed E-state index contributed by atoms with van der Waals surface area (Å²) in [6, 6.07) is 9.85. The van der Waals surface area contributed by atoms with E-state index in [1.54, 1.807) is 24.7 Å². The Bertz CT molecular complexity index is 1770. The largest absolute Gasteiger partial charge is 0.369 e. The van der Waals surface area contributed by atoms with Crippen molar-refractivity contribution in [3.05, 3.63) is 82.2 Å². The lowest BCUT2D eigenvalue weighted by Crippen LogP contribution is -2.44. The monoisotopic (exact) mass is 567 g/mol. The van der Waals surface area contributed by atoms with Crippen molar-refractivity contribution in [2.75, 3.05) is 43.4 Å². The molecule has 0 atom stereocenters. The maximum absolute atomic E-state index is 13.8. The number of nitrogens with one attached hydrogen (secondary N) is 1. The molecular formula is C29H29N9O2S. The van der Waals surface area contributed by atoms with E-state index < -0.39 is 0 Å². The smallest absolute Gasteiger partial charge is 0.263 e. The Balaban J connectivity index is 1.23. The zero-order valence-corrected chi connectivity index (χ0v) is 23.4. The fourth-order valence-corrected chi connectivity index (χ4v) is 5.80. The lowest BCUT2D eigenvalue weighted by atomic mass is 10.1. The molecular weight excluding hydrogens is 538 g/mol. The highest BCUT2D eigenvalue weighted by molar-refractivity contribution is 7.12. The van der Waals surface area contributed by atoms with Gasteiger partial charge in [-0.25, -0.2) is 15.0 Å². The van der Waals surface area contributed by atoms with Crippen molar-refractivity contribution in [2.45, 2.75) is 19.4 Å². The van der Waals surface area contributed by atoms with Gasteiger partial charge in [0.15, 0.2) is 10.9 Å². The first-order chi connectivity index (χ1) is 20.0. The van der Waals surface area contributed by atoms with Crippen LogP contribution in [0.3, 0.4) is 0 Å². The summed E-state index contributed by atoms with van der Waals surface area (Å²) in [5.74, 6) is 0.785. The molecule has 1 saturated heterocycles. The van der Waals surface area contributed by atoms with Crippen LogP contribution in [0, 0.1) is 5.92 Å². The number of anilines is 3. The number of benzene rings is 1. The molecule has 4 aromatic heterocycles. The molecule has 5 heterocycles. The van der Waals surface area contributed by atoms with Crippen LogP contribution in [-0.4, -0.2) is 73.0 Å². The molecule has 1 N–H and O–H groups in total. The van der Waals surface area contributed by atoms with Crippen LogP contribution in [0.5, 0.6) is 0 Å². The first-order valence-corrected chi connectivity index (χ1v) is 14.6. The molecule has 0 bridgehead atoms. The molecule has 1 aromatic carbocycles. The van der Waals surface area contributed by atoms with Gasteiger partial charge in [-0.2, -0.15) is 4.98 Å². The predicted octanol–water partition coefficient (Wildman–Crippen LogP) is 3.57. The average molecular weight is 568 g/mol. The van der Waals surface area contributed by atoms with Gasteiger partial charge >= 0.3 is 0 Å². The maximum atomic E-state index is 13.8. The summed E-state index contributed by atoms with van der Waals surface area (Å²) in [5, 5.41) is 6.53. The van der Waals surface area contributed by atoms with Crippen molar-refractivity contribution in [3.8, 4) is 5.13 Å². The number of rotatable bonds is 8. The quantitative estimate of drug-likeness (QED) is 0.281. The Kier molecular flexibility index (Phi) is 6.56. The Morgan fingerprint density at radius 1 is 1.05 bits per heavy atom. The Morgan fingerprint density at radius 2 is 1.85 bits per heavy atom. The lowest BCUT2D eigenvalue weighted by Gasteiger charge is -2.34. The Hall–Kier alpha value is -4.42. The molecule has 41 heavy (non-hydrogen) atoms. The molecule has 1 saturated carbocycles. The second kappa shape index (κ2) is 10.5. The number of fused-ring (bicyclic) bond motifs is 1. The first kappa shape index (κ1) is 25.5. The summed E-state index contributed by atoms with van der Waals surface area (Å²) in [5.41, 5.74) is 2.26. The van der Waals surface area contributed by atoms with Crippen molar-refractivity contribution < 1.29 is 4.79 Å². The van der Waals surface area contributed by atoms with Gasteiger partial charge in [0.05, 0.1) is 12.1 Å². The number of pyridine rings is 1. The van der Waals surface area contributed by atoms with E-state index in [4.69, 9.17) is 4.98 Å². The molecule has 0 amide bonds. The van der Waals surface area contributed by atoms with Crippen LogP contribution >= 0.6 is 11.3 Å². The zero-order chi connectivity index (χ0) is 27.9. The molecule has 2 aliphatic rings. The maximum Gasteiger partial charge on any atom is 0.263 e. The van der Waals surface area contributed by atoms with Crippen molar-refractivity contribution >= 4 is 45.5 Å². The third-order valence-electron chi connectivity index (χ3n) is 7.67. The van der Waals surface area contributed by atoms with Crippen molar-refractivity contribution in [3.63, 3.8) is 0 Å². The number of hydrogen-bond acceptors (Lipinski definition) is 10. The van der Waals surface area contributed by atoms with E-state index in [0.717, 1.165) is 49.8 Å². The number of nitrogens with zero attached hydrogens (tertiary/aromatic N) is 8. The lowest BCUT2D eigenvalue weighted by molar-refractivity contribution is 0.0966. The SMILES string of the molecule is CN1CCN(c2ccc(Nc3ncc4cc(C(=O)C5CC5)c(=O)n(Cc5nccn5-c5nccs5)c4n3)cc2)CC1. The number of piperazine rings is 1. The number of carbonyl (C=O) groups is 1. The van der Waals surface area contributed by atoms with Crippen LogP contribution in [0.15, 0.2) is 65.3 Å². The number of carbonyl (C=O) groups excluding carboxylic acids is 1. The van der Waals surface area contributed by atoms with Gasteiger partial charge in [-0.05, 0) is 50.2 Å². The van der Waals surface area contributed by atoms with Gasteiger partial charge in [-0.1, -0.05) is 0 Å². The van der Waals surface area contributed by atoms with E-state index in [0.29, 0.717) is 22.8 Å². The molecule has 0 unspecified atom stereocenters. The van der Waals surface area contributed by atoms with E-state index in [1.165, 1.54) is 21.6 Å². The summed E-state index contributed by atoms with van der Waals surface area (Å²) in [4.78, 5) is 49.7. The first-order valence-electron chi connectivity index (χ1n) is 13.7. The normalized spacial score (nSPS) is 15.9. The van der Waals surface area contributed by atoms with Crippen LogP contribution in [0.2, 0.25) is 0 Å². The minimum atomic E-state index is -0.371. The third kappa shape index (κ3) is 5.11. The number of hydrogen-bond donors (Lipinski definition) is 1. The Morgan fingerprint density at radius 3 is 2.59 bits per heavy atom. The molecule has 208 valence electrons. The minimum absolute atomic E-state index is 0.0819. The second-order valence-corrected chi connectivity index (χ2v) is 11.4. The van der Waals surface area contributed by atoms with E-state index in [9.17, 15) is 9.59 Å². The third-order valence-corrected chi connectivity index (χ3v) is 8.45. The van der Waals surface area contributed by atoms with E-state index in [-0.39, 0.29) is 29.4 Å². The van der Waals surface area contributed by atoms with Crippen molar-refractivity contribution in [1.82, 2.24) is 34.0 Å². The summed E-state index contributed by atoms with van der Waals surface area (Å²) in [6.45, 7) is 4.22. The second-order valence-electron chi connectivity index (χ2n) is 10.6. The zero-order valence-electron chi connectivity index (χ0n) is 22.6. The highest BCUT2D eigenvalue weighted by Gasteiger charge is 2.33. The van der Waals surface area contributed by atoms with Gasteiger partial charge in [-0.3, -0.25) is 18.7 Å². The number of ketones is 1. The minimum Gasteiger partial charge on any atom is -0.369 e. The Labute approximate surface area is 240 Å². The van der Waals surface area contributed by atoms with Crippen molar-refractivity contribution in [2.24, 2.45) is 5.92 Å². The van der Waals surface area contributed by atoms with E-state index in [2.05, 4.69) is 49.2 Å². The molecule has 1 aliphatic carbocycles. The van der Waals surface area contributed by atoms with Crippen LogP contribution in [0.1, 0.15) is 29.0 Å². The van der Waals surface area contributed by atoms with E-state index in [1.807, 2.05) is 28.3 Å². The van der Waals surface area contributed by atoms with Gasteiger partial charge < -0.3 is 15.1 Å². The molecule has 2 fully saturated rings. The van der Waals surface area contributed by atoms with Crippen LogP contribution in [-0.2, 0) is 6.54 Å². The summed E-state index contributed by atoms with van der Waals surface area (Å²) in [6.07, 6.45) is 8.51. The van der Waals surface area contributed by atoms with Crippen LogP contribution in [0.25, 0.3) is 16.2 Å². The molecule has 11 nitrogen and oxygen atoms in total. The fraction of sp³-hybridized carbons (Fsp3) is 0.310. The van der Waals surface area contributed by atoms with Crippen LogP contribution in [0.4, 0.5) is 17.3 Å². The van der Waals surface area contributed by atoms with Gasteiger partial charge in [0.25, 0.3) is 5.56 Å². The number of thiazole rings is 1. The fourth-order valence-electron chi connectivity index (χ4n) is 5.16. The number of aromatic nitrogens is 6. The highest BCUT2D eigenvalue weighted by Crippen LogP contribution is 2.32. The molecule has 1 aliphatic heterocycles.